The van der Waals surface area contributed by atoms with E-state index in [-0.39, 0.29) is 17.9 Å². The summed E-state index contributed by atoms with van der Waals surface area (Å²) in [4.78, 5) is 16.6. The molecular formula is C20H20F2N6O. The summed E-state index contributed by atoms with van der Waals surface area (Å²) in [5, 5.41) is 12.7. The van der Waals surface area contributed by atoms with Crippen LogP contribution in [0.15, 0.2) is 30.3 Å². The van der Waals surface area contributed by atoms with Gasteiger partial charge in [-0.3, -0.25) is 4.79 Å². The third-order valence-corrected chi connectivity index (χ3v) is 5.92. The average Bonchev–Trinajstić information content (AvgIpc) is 3.37. The van der Waals surface area contributed by atoms with Crippen LogP contribution >= 0.6 is 0 Å². The van der Waals surface area contributed by atoms with Crippen molar-refractivity contribution in [2.75, 3.05) is 31.1 Å². The first kappa shape index (κ1) is 18.0. The first-order valence-corrected chi connectivity index (χ1v) is 9.63. The van der Waals surface area contributed by atoms with Crippen molar-refractivity contribution in [3.05, 3.63) is 53.4 Å². The number of carbonyl (C=O) groups is 1. The summed E-state index contributed by atoms with van der Waals surface area (Å²) in [6, 6.07) is 7.20. The Labute approximate surface area is 165 Å². The molecule has 2 fully saturated rings. The Kier molecular flexibility index (Phi) is 4.18. The molecule has 3 aromatic rings. The van der Waals surface area contributed by atoms with Crippen molar-refractivity contribution in [1.82, 2.24) is 24.7 Å². The number of halogens is 2. The van der Waals surface area contributed by atoms with E-state index >= 15 is 0 Å². The van der Waals surface area contributed by atoms with Crippen molar-refractivity contribution in [1.29, 1.82) is 0 Å². The number of nitrogens with zero attached hydrogens (tertiary/aromatic N) is 6. The van der Waals surface area contributed by atoms with Gasteiger partial charge in [0.25, 0.3) is 0 Å². The van der Waals surface area contributed by atoms with E-state index in [0.717, 1.165) is 36.4 Å². The third kappa shape index (κ3) is 3.20. The molecule has 0 radical (unpaired) electrons. The molecule has 5 rings (SSSR count). The quantitative estimate of drug-likeness (QED) is 0.674. The van der Waals surface area contributed by atoms with Gasteiger partial charge in [-0.1, -0.05) is 6.07 Å². The monoisotopic (exact) mass is 398 g/mol. The maximum atomic E-state index is 13.8. The van der Waals surface area contributed by atoms with Gasteiger partial charge in [-0.2, -0.15) is 4.52 Å². The van der Waals surface area contributed by atoms with E-state index in [1.807, 2.05) is 19.1 Å². The molecule has 0 bridgehead atoms. The van der Waals surface area contributed by atoms with Gasteiger partial charge in [-0.05, 0) is 30.7 Å². The molecule has 4 heterocycles. The number of aryl methyl sites for hydroxylation is 1. The average molecular weight is 398 g/mol. The van der Waals surface area contributed by atoms with Crippen LogP contribution in [0.2, 0.25) is 0 Å². The number of carbonyl (C=O) groups excluding carboxylic acids is 1. The molecule has 1 amide bonds. The number of fused-ring (bicyclic) bond motifs is 2. The summed E-state index contributed by atoms with van der Waals surface area (Å²) >= 11 is 0. The Bertz CT molecular complexity index is 1090. The lowest BCUT2D eigenvalue weighted by molar-refractivity contribution is -0.129. The molecule has 0 aliphatic carbocycles. The molecule has 0 N–H and O–H groups in total. The Balaban J connectivity index is 1.24. The summed E-state index contributed by atoms with van der Waals surface area (Å²) in [5.74, 6) is 0.911. The Morgan fingerprint density at radius 3 is 2.55 bits per heavy atom. The van der Waals surface area contributed by atoms with Crippen molar-refractivity contribution >= 4 is 17.4 Å². The van der Waals surface area contributed by atoms with Crippen LogP contribution in [0.1, 0.15) is 11.4 Å². The van der Waals surface area contributed by atoms with Crippen molar-refractivity contribution in [2.24, 2.45) is 11.8 Å². The zero-order valence-corrected chi connectivity index (χ0v) is 15.9. The van der Waals surface area contributed by atoms with Gasteiger partial charge in [-0.25, -0.2) is 8.78 Å². The molecule has 2 saturated heterocycles. The van der Waals surface area contributed by atoms with Crippen molar-refractivity contribution < 1.29 is 13.6 Å². The summed E-state index contributed by atoms with van der Waals surface area (Å²) in [7, 11) is 0. The highest BCUT2D eigenvalue weighted by molar-refractivity contribution is 5.79. The van der Waals surface area contributed by atoms with E-state index in [0.29, 0.717) is 24.9 Å². The number of amides is 1. The summed E-state index contributed by atoms with van der Waals surface area (Å²) in [6.45, 7) is 4.80. The number of hydrogen-bond acceptors (Lipinski definition) is 5. The minimum absolute atomic E-state index is 0.0413. The van der Waals surface area contributed by atoms with Gasteiger partial charge in [0.05, 0.1) is 6.42 Å². The molecule has 150 valence electrons. The lowest BCUT2D eigenvalue weighted by Gasteiger charge is -2.22. The van der Waals surface area contributed by atoms with Crippen LogP contribution in [-0.2, 0) is 11.2 Å². The van der Waals surface area contributed by atoms with Crippen LogP contribution in [0.5, 0.6) is 0 Å². The minimum Gasteiger partial charge on any atom is -0.354 e. The molecule has 2 aromatic heterocycles. The predicted octanol–water partition coefficient (Wildman–Crippen LogP) is 1.85. The zero-order valence-electron chi connectivity index (χ0n) is 15.9. The van der Waals surface area contributed by atoms with E-state index < -0.39 is 11.6 Å². The molecule has 9 heteroatoms. The molecule has 2 atom stereocenters. The molecule has 0 spiro atoms. The van der Waals surface area contributed by atoms with Gasteiger partial charge < -0.3 is 9.80 Å². The number of anilines is 1. The fourth-order valence-corrected chi connectivity index (χ4v) is 4.38. The van der Waals surface area contributed by atoms with E-state index in [4.69, 9.17) is 0 Å². The molecule has 1 aromatic carbocycles. The molecule has 2 unspecified atom stereocenters. The lowest BCUT2D eigenvalue weighted by atomic mass is 10.0. The standard InChI is InChI=1S/C20H20F2N6O/c1-12-23-24-18-4-5-19(25-28(12)18)26-8-14-10-27(11-15(14)9-26)20(29)6-13-2-3-16(21)7-17(13)22/h2-5,7,14-15H,6,8-11H2,1H3. The van der Waals surface area contributed by atoms with Gasteiger partial charge in [0.2, 0.25) is 5.91 Å². The maximum Gasteiger partial charge on any atom is 0.227 e. The summed E-state index contributed by atoms with van der Waals surface area (Å²) in [5.41, 5.74) is 0.951. The second-order valence-electron chi connectivity index (χ2n) is 7.85. The minimum atomic E-state index is -0.672. The van der Waals surface area contributed by atoms with Crippen molar-refractivity contribution in [2.45, 2.75) is 13.3 Å². The van der Waals surface area contributed by atoms with Crippen LogP contribution in [0.25, 0.3) is 5.65 Å². The Morgan fingerprint density at radius 2 is 1.83 bits per heavy atom. The highest BCUT2D eigenvalue weighted by Gasteiger charge is 2.42. The highest BCUT2D eigenvalue weighted by atomic mass is 19.1. The van der Waals surface area contributed by atoms with Crippen LogP contribution in [0, 0.1) is 30.4 Å². The van der Waals surface area contributed by atoms with Crippen LogP contribution in [0.3, 0.4) is 0 Å². The van der Waals surface area contributed by atoms with Gasteiger partial charge >= 0.3 is 0 Å². The molecule has 2 aliphatic heterocycles. The first-order chi connectivity index (χ1) is 14.0. The predicted molar refractivity (Wildman–Crippen MR) is 101 cm³/mol. The van der Waals surface area contributed by atoms with Crippen molar-refractivity contribution in [3.63, 3.8) is 0 Å². The lowest BCUT2D eigenvalue weighted by Crippen LogP contribution is -2.34. The van der Waals surface area contributed by atoms with E-state index in [1.165, 1.54) is 12.1 Å². The number of rotatable bonds is 3. The molecule has 0 saturated carbocycles. The fourth-order valence-electron chi connectivity index (χ4n) is 4.38. The molecular weight excluding hydrogens is 378 g/mol. The fraction of sp³-hybridized carbons (Fsp3) is 0.400. The van der Waals surface area contributed by atoms with Gasteiger partial charge in [0, 0.05) is 44.1 Å². The number of hydrogen-bond donors (Lipinski definition) is 0. The number of benzene rings is 1. The number of likely N-dealkylation sites (tertiary alicyclic amines) is 1. The third-order valence-electron chi connectivity index (χ3n) is 5.92. The highest BCUT2D eigenvalue weighted by Crippen LogP contribution is 2.33. The largest absolute Gasteiger partial charge is 0.354 e. The van der Waals surface area contributed by atoms with Gasteiger partial charge in [0.15, 0.2) is 11.5 Å². The van der Waals surface area contributed by atoms with Crippen molar-refractivity contribution in [3.8, 4) is 0 Å². The summed E-state index contributed by atoms with van der Waals surface area (Å²) in [6.07, 6.45) is -0.0413. The van der Waals surface area contributed by atoms with Gasteiger partial charge in [-0.15, -0.1) is 15.3 Å². The first-order valence-electron chi connectivity index (χ1n) is 9.63. The zero-order chi connectivity index (χ0) is 20.1. The topological polar surface area (TPSA) is 66.6 Å². The van der Waals surface area contributed by atoms with E-state index in [1.54, 1.807) is 9.42 Å². The molecule has 29 heavy (non-hydrogen) atoms. The Hall–Kier alpha value is -3.10. The maximum absolute atomic E-state index is 13.8. The molecule has 2 aliphatic rings. The van der Waals surface area contributed by atoms with Crippen LogP contribution < -0.4 is 4.90 Å². The van der Waals surface area contributed by atoms with E-state index in [2.05, 4.69) is 20.2 Å². The summed E-state index contributed by atoms with van der Waals surface area (Å²) < 4.78 is 28.6. The Morgan fingerprint density at radius 1 is 1.07 bits per heavy atom. The molecule has 7 nitrogen and oxygen atoms in total. The van der Waals surface area contributed by atoms with E-state index in [9.17, 15) is 13.6 Å². The van der Waals surface area contributed by atoms with Crippen LogP contribution in [0.4, 0.5) is 14.6 Å². The SMILES string of the molecule is Cc1nnc2ccc(N3CC4CN(C(=O)Cc5ccc(F)cc5F)CC4C3)nn12. The van der Waals surface area contributed by atoms with Crippen LogP contribution in [-0.4, -0.2) is 56.8 Å². The smallest absolute Gasteiger partial charge is 0.227 e. The second-order valence-corrected chi connectivity index (χ2v) is 7.85. The second kappa shape index (κ2) is 6.75. The normalized spacial score (nSPS) is 21.2. The number of aromatic nitrogens is 4. The van der Waals surface area contributed by atoms with Gasteiger partial charge in [0.1, 0.15) is 17.5 Å².